The monoisotopic (exact) mass is 738 g/mol. The molecule has 286 valence electrons. The number of anilines is 1. The Kier molecular flexibility index (Phi) is 14.9. The predicted octanol–water partition coefficient (Wildman–Crippen LogP) is 9.11. The third-order valence-electron chi connectivity index (χ3n) is 10.0. The molecule has 1 heterocycles. The summed E-state index contributed by atoms with van der Waals surface area (Å²) in [4.78, 5) is 37.2. The van der Waals surface area contributed by atoms with Gasteiger partial charge in [-0.15, -0.1) is 0 Å². The second-order valence-corrected chi connectivity index (χ2v) is 14.1. The van der Waals surface area contributed by atoms with Gasteiger partial charge in [-0.3, -0.25) is 14.5 Å². The molecule has 6 nitrogen and oxygen atoms in total. The maximum absolute atomic E-state index is 14.6. The third-order valence-corrected chi connectivity index (χ3v) is 10.0. The smallest absolute Gasteiger partial charge is 0.372 e. The minimum atomic E-state index is -4.45. The lowest BCUT2D eigenvalue weighted by molar-refractivity contribution is -0.145. The highest BCUT2D eigenvalue weighted by atomic mass is 19.4. The normalized spacial score (nSPS) is 14.3. The van der Waals surface area contributed by atoms with E-state index in [0.717, 1.165) is 74.3 Å². The minimum absolute atomic E-state index is 0.114. The number of unbranched alkanes of at least 4 members (excludes halogenated alkanes) is 2. The maximum atomic E-state index is 14.6. The Morgan fingerprint density at radius 1 is 0.722 bits per heavy atom. The molecule has 0 unspecified atom stereocenters. The van der Waals surface area contributed by atoms with Gasteiger partial charge < -0.3 is 14.7 Å². The van der Waals surface area contributed by atoms with Gasteiger partial charge in [0.05, 0.1) is 5.56 Å². The Morgan fingerprint density at radius 3 is 1.85 bits per heavy atom. The highest BCUT2D eigenvalue weighted by Crippen LogP contribution is 2.29. The van der Waals surface area contributed by atoms with E-state index in [1.165, 1.54) is 29.8 Å². The second kappa shape index (κ2) is 20.0. The van der Waals surface area contributed by atoms with E-state index in [1.807, 2.05) is 65.6 Å². The average molecular weight is 739 g/mol. The van der Waals surface area contributed by atoms with Gasteiger partial charge in [0.2, 0.25) is 11.8 Å². The summed E-state index contributed by atoms with van der Waals surface area (Å²) in [6, 6.07) is 32.2. The number of carbonyl (C=O) groups is 2. The van der Waals surface area contributed by atoms with Crippen molar-refractivity contribution in [2.45, 2.75) is 71.3 Å². The topological polar surface area (TPSA) is 47.1 Å². The SMILES string of the molecule is CCCCN(CCCC)c1ccc(CN(C(=O)C=Cc2ccc(C(F)(F)F)cc2)[C@@H](Cc2ccccc2)C(=O)N2CCN(Cc3ccccc3)CC2)cc1. The average Bonchev–Trinajstić information content (AvgIpc) is 3.19. The van der Waals surface area contributed by atoms with E-state index in [2.05, 4.69) is 47.9 Å². The molecule has 5 rings (SSSR count). The van der Waals surface area contributed by atoms with Crippen molar-refractivity contribution in [3.05, 3.63) is 143 Å². The molecule has 1 atom stereocenters. The van der Waals surface area contributed by atoms with Gasteiger partial charge in [0.1, 0.15) is 6.04 Å². The molecule has 0 aromatic heterocycles. The Bertz CT molecular complexity index is 1750. The summed E-state index contributed by atoms with van der Waals surface area (Å²) >= 11 is 0. The van der Waals surface area contributed by atoms with Crippen LogP contribution >= 0.6 is 0 Å². The zero-order valence-corrected chi connectivity index (χ0v) is 31.6. The Labute approximate surface area is 318 Å². The highest BCUT2D eigenvalue weighted by Gasteiger charge is 2.34. The number of hydrogen-bond acceptors (Lipinski definition) is 4. The van der Waals surface area contributed by atoms with Gasteiger partial charge >= 0.3 is 6.18 Å². The zero-order valence-electron chi connectivity index (χ0n) is 31.6. The van der Waals surface area contributed by atoms with Gasteiger partial charge in [0.25, 0.3) is 0 Å². The van der Waals surface area contributed by atoms with Crippen LogP contribution in [0.25, 0.3) is 6.08 Å². The fourth-order valence-electron chi connectivity index (χ4n) is 6.81. The number of halogens is 3. The standard InChI is InChI=1S/C45H53F3N4O2/c1-3-5-27-50(28-6-4-2)41-24-19-39(20-25-41)35-52(43(53)26-21-36-17-22-40(23-18-36)45(46,47)48)42(33-37-13-9-7-10-14-37)44(54)51-31-29-49(30-32-51)34-38-15-11-8-12-16-38/h7-26,42H,3-6,27-35H2,1-2H3/t42-/m0/s1. The quantitative estimate of drug-likeness (QED) is 0.102. The molecule has 0 radical (unpaired) electrons. The van der Waals surface area contributed by atoms with Crippen molar-refractivity contribution < 1.29 is 22.8 Å². The molecule has 9 heteroatoms. The number of piperazine rings is 1. The molecule has 4 aromatic rings. The molecule has 4 aromatic carbocycles. The molecule has 1 fully saturated rings. The van der Waals surface area contributed by atoms with Crippen molar-refractivity contribution in [1.82, 2.24) is 14.7 Å². The van der Waals surface area contributed by atoms with Crippen LogP contribution in [0.4, 0.5) is 18.9 Å². The Hall–Kier alpha value is -4.89. The second-order valence-electron chi connectivity index (χ2n) is 14.1. The van der Waals surface area contributed by atoms with Crippen molar-refractivity contribution in [3.8, 4) is 0 Å². The van der Waals surface area contributed by atoms with E-state index in [9.17, 15) is 22.8 Å². The number of benzene rings is 4. The predicted molar refractivity (Wildman–Crippen MR) is 212 cm³/mol. The fourth-order valence-corrected chi connectivity index (χ4v) is 6.81. The van der Waals surface area contributed by atoms with Crippen LogP contribution in [0.5, 0.6) is 0 Å². The Morgan fingerprint density at radius 2 is 1.30 bits per heavy atom. The summed E-state index contributed by atoms with van der Waals surface area (Å²) < 4.78 is 39.7. The molecule has 1 aliphatic rings. The summed E-state index contributed by atoms with van der Waals surface area (Å²) in [5.74, 6) is -0.500. The lowest BCUT2D eigenvalue weighted by atomic mass is 10.0. The fraction of sp³-hybridized carbons (Fsp3) is 0.378. The van der Waals surface area contributed by atoms with E-state index < -0.39 is 17.8 Å². The van der Waals surface area contributed by atoms with E-state index in [4.69, 9.17) is 0 Å². The summed E-state index contributed by atoms with van der Waals surface area (Å²) in [6.45, 7) is 9.84. The van der Waals surface area contributed by atoms with Crippen molar-refractivity contribution in [3.63, 3.8) is 0 Å². The van der Waals surface area contributed by atoms with Crippen molar-refractivity contribution in [2.24, 2.45) is 0 Å². The lowest BCUT2D eigenvalue weighted by Gasteiger charge is -2.39. The molecule has 2 amide bonds. The van der Waals surface area contributed by atoms with Gasteiger partial charge in [-0.2, -0.15) is 13.2 Å². The van der Waals surface area contributed by atoms with Gasteiger partial charge in [-0.1, -0.05) is 112 Å². The van der Waals surface area contributed by atoms with Crippen LogP contribution in [0.2, 0.25) is 0 Å². The van der Waals surface area contributed by atoms with Crippen molar-refractivity contribution in [1.29, 1.82) is 0 Å². The first-order valence-electron chi connectivity index (χ1n) is 19.2. The minimum Gasteiger partial charge on any atom is -0.372 e. The largest absolute Gasteiger partial charge is 0.416 e. The van der Waals surface area contributed by atoms with Crippen molar-refractivity contribution in [2.75, 3.05) is 44.2 Å². The maximum Gasteiger partial charge on any atom is 0.416 e. The number of carbonyl (C=O) groups excluding carboxylic acids is 2. The van der Waals surface area contributed by atoms with Crippen LogP contribution in [-0.4, -0.2) is 71.8 Å². The summed E-state index contributed by atoms with van der Waals surface area (Å²) in [5, 5.41) is 0. The number of rotatable bonds is 17. The van der Waals surface area contributed by atoms with Gasteiger partial charge in [-0.05, 0) is 65.4 Å². The molecule has 1 aliphatic heterocycles. The molecule has 54 heavy (non-hydrogen) atoms. The molecular formula is C45H53F3N4O2. The lowest BCUT2D eigenvalue weighted by Crippen LogP contribution is -2.56. The van der Waals surface area contributed by atoms with Gasteiger partial charge in [0, 0.05) is 70.5 Å². The number of alkyl halides is 3. The van der Waals surface area contributed by atoms with Gasteiger partial charge in [0.15, 0.2) is 0 Å². The summed E-state index contributed by atoms with van der Waals surface area (Å²) in [7, 11) is 0. The van der Waals surface area contributed by atoms with E-state index in [-0.39, 0.29) is 18.4 Å². The Balaban J connectivity index is 1.43. The number of amides is 2. The zero-order chi connectivity index (χ0) is 38.3. The molecule has 0 N–H and O–H groups in total. The molecule has 0 bridgehead atoms. The first-order valence-corrected chi connectivity index (χ1v) is 19.2. The van der Waals surface area contributed by atoms with Gasteiger partial charge in [-0.25, -0.2) is 0 Å². The molecular weight excluding hydrogens is 686 g/mol. The molecule has 0 spiro atoms. The molecule has 0 saturated carbocycles. The number of hydrogen-bond donors (Lipinski definition) is 0. The third kappa shape index (κ3) is 11.8. The van der Waals surface area contributed by atoms with E-state index in [1.54, 1.807) is 4.90 Å². The molecule has 0 aliphatic carbocycles. The van der Waals surface area contributed by atoms with E-state index >= 15 is 0 Å². The molecule has 1 saturated heterocycles. The number of nitrogens with zero attached hydrogens (tertiary/aromatic N) is 4. The summed E-state index contributed by atoms with van der Waals surface area (Å²) in [6.07, 6.45) is 3.18. The van der Waals surface area contributed by atoms with Crippen LogP contribution in [0.15, 0.2) is 115 Å². The first kappa shape index (κ1) is 40.3. The van der Waals surface area contributed by atoms with Crippen LogP contribution in [0.3, 0.4) is 0 Å². The van der Waals surface area contributed by atoms with Crippen LogP contribution < -0.4 is 4.90 Å². The van der Waals surface area contributed by atoms with Crippen LogP contribution in [0, 0.1) is 0 Å². The highest BCUT2D eigenvalue weighted by molar-refractivity contribution is 5.95. The summed E-state index contributed by atoms with van der Waals surface area (Å²) in [5.41, 5.74) is 3.88. The van der Waals surface area contributed by atoms with Crippen molar-refractivity contribution >= 4 is 23.6 Å². The van der Waals surface area contributed by atoms with Crippen LogP contribution in [0.1, 0.15) is 67.3 Å². The van der Waals surface area contributed by atoms with E-state index in [0.29, 0.717) is 38.2 Å². The van der Waals surface area contributed by atoms with Crippen LogP contribution in [-0.2, 0) is 35.3 Å². The first-order chi connectivity index (χ1) is 26.1.